The van der Waals surface area contributed by atoms with Gasteiger partial charge in [-0.25, -0.2) is 0 Å². The van der Waals surface area contributed by atoms with Crippen LogP contribution in [0.4, 0.5) is 0 Å². The summed E-state index contributed by atoms with van der Waals surface area (Å²) in [4.78, 5) is 2.49. The van der Waals surface area contributed by atoms with Gasteiger partial charge < -0.3 is 10.2 Å². The van der Waals surface area contributed by atoms with E-state index in [1.54, 1.807) is 0 Å². The molecule has 0 radical (unpaired) electrons. The predicted octanol–water partition coefficient (Wildman–Crippen LogP) is 1.90. The zero-order chi connectivity index (χ0) is 9.97. The van der Waals surface area contributed by atoms with Crippen molar-refractivity contribution in [3.63, 3.8) is 0 Å². The molecule has 1 atom stereocenters. The van der Waals surface area contributed by atoms with E-state index >= 15 is 0 Å². The first-order valence-corrected chi connectivity index (χ1v) is 5.32. The van der Waals surface area contributed by atoms with Gasteiger partial charge >= 0.3 is 0 Å². The van der Waals surface area contributed by atoms with Gasteiger partial charge in [0.2, 0.25) is 0 Å². The summed E-state index contributed by atoms with van der Waals surface area (Å²) in [6.07, 6.45) is 4.49. The second kappa shape index (κ2) is 4.15. The molecule has 3 heteroatoms. The van der Waals surface area contributed by atoms with Gasteiger partial charge in [0.1, 0.15) is 5.76 Å². The lowest BCUT2D eigenvalue weighted by Gasteiger charge is -2.22. The first kappa shape index (κ1) is 9.74. The van der Waals surface area contributed by atoms with E-state index < -0.39 is 0 Å². The quantitative estimate of drug-likeness (QED) is 0.799. The van der Waals surface area contributed by atoms with Crippen LogP contribution in [0.3, 0.4) is 0 Å². The van der Waals surface area contributed by atoms with Crippen LogP contribution < -0.4 is 5.73 Å². The highest BCUT2D eigenvalue weighted by Gasteiger charge is 2.20. The van der Waals surface area contributed by atoms with Crippen molar-refractivity contribution in [2.24, 2.45) is 5.73 Å². The summed E-state index contributed by atoms with van der Waals surface area (Å²) in [5.74, 6) is 0.881. The topological polar surface area (TPSA) is 42.4 Å². The zero-order valence-corrected chi connectivity index (χ0v) is 8.70. The SMILES string of the molecule is CC(c1coc(CN)c1)N1CCCC1. The van der Waals surface area contributed by atoms with E-state index in [0.717, 1.165) is 5.76 Å². The van der Waals surface area contributed by atoms with Crippen molar-refractivity contribution in [3.8, 4) is 0 Å². The summed E-state index contributed by atoms with van der Waals surface area (Å²) in [6, 6.07) is 2.55. The third-order valence-corrected chi connectivity index (χ3v) is 3.05. The molecule has 1 aliphatic heterocycles. The number of hydrogen-bond donors (Lipinski definition) is 1. The molecule has 14 heavy (non-hydrogen) atoms. The number of hydrogen-bond acceptors (Lipinski definition) is 3. The Bertz CT molecular complexity index is 289. The Labute approximate surface area is 84.9 Å². The molecule has 0 spiro atoms. The van der Waals surface area contributed by atoms with Crippen molar-refractivity contribution >= 4 is 0 Å². The summed E-state index contributed by atoms with van der Waals surface area (Å²) >= 11 is 0. The van der Waals surface area contributed by atoms with Gasteiger partial charge in [-0.3, -0.25) is 4.90 Å². The van der Waals surface area contributed by atoms with Crippen molar-refractivity contribution in [3.05, 3.63) is 23.7 Å². The molecule has 2 heterocycles. The van der Waals surface area contributed by atoms with Gasteiger partial charge in [-0.1, -0.05) is 0 Å². The monoisotopic (exact) mass is 194 g/mol. The molecule has 1 aromatic heterocycles. The maximum absolute atomic E-state index is 5.51. The fraction of sp³-hybridized carbons (Fsp3) is 0.636. The van der Waals surface area contributed by atoms with Crippen LogP contribution in [0.5, 0.6) is 0 Å². The van der Waals surface area contributed by atoms with E-state index in [-0.39, 0.29) is 0 Å². The minimum absolute atomic E-state index is 0.474. The molecule has 0 aliphatic carbocycles. The maximum atomic E-state index is 5.51. The Morgan fingerprint density at radius 1 is 1.50 bits per heavy atom. The number of likely N-dealkylation sites (tertiary alicyclic amines) is 1. The van der Waals surface area contributed by atoms with Crippen LogP contribution in [0.25, 0.3) is 0 Å². The number of nitrogens with two attached hydrogens (primary N) is 1. The lowest BCUT2D eigenvalue weighted by Crippen LogP contribution is -2.22. The lowest BCUT2D eigenvalue weighted by molar-refractivity contribution is 0.262. The number of furan rings is 1. The minimum atomic E-state index is 0.474. The second-order valence-electron chi connectivity index (χ2n) is 3.97. The molecule has 2 rings (SSSR count). The van der Waals surface area contributed by atoms with Gasteiger partial charge in [-0.15, -0.1) is 0 Å². The molecule has 3 nitrogen and oxygen atoms in total. The third-order valence-electron chi connectivity index (χ3n) is 3.05. The Hall–Kier alpha value is -0.800. The minimum Gasteiger partial charge on any atom is -0.468 e. The van der Waals surface area contributed by atoms with Crippen molar-refractivity contribution in [1.82, 2.24) is 4.90 Å². The summed E-state index contributed by atoms with van der Waals surface area (Å²) < 4.78 is 5.34. The summed E-state index contributed by atoms with van der Waals surface area (Å²) in [6.45, 7) is 5.15. The molecule has 2 N–H and O–H groups in total. The van der Waals surface area contributed by atoms with Crippen molar-refractivity contribution in [2.45, 2.75) is 32.4 Å². The van der Waals surface area contributed by atoms with E-state index in [9.17, 15) is 0 Å². The van der Waals surface area contributed by atoms with E-state index in [2.05, 4.69) is 17.9 Å². The van der Waals surface area contributed by atoms with Crippen LogP contribution in [0.15, 0.2) is 16.7 Å². The molecule has 0 saturated carbocycles. The van der Waals surface area contributed by atoms with Crippen molar-refractivity contribution in [1.29, 1.82) is 0 Å². The standard InChI is InChI=1S/C11H18N2O/c1-9(13-4-2-3-5-13)10-6-11(7-12)14-8-10/h6,8-9H,2-5,7,12H2,1H3. The number of rotatable bonds is 3. The molecule has 0 bridgehead atoms. The van der Waals surface area contributed by atoms with Gasteiger partial charge in [-0.05, 0) is 38.9 Å². The van der Waals surface area contributed by atoms with Gasteiger partial charge in [0.25, 0.3) is 0 Å². The highest BCUT2D eigenvalue weighted by atomic mass is 16.3. The molecule has 1 fully saturated rings. The van der Waals surface area contributed by atoms with Crippen LogP contribution in [0, 0.1) is 0 Å². The van der Waals surface area contributed by atoms with Gasteiger partial charge in [0.15, 0.2) is 0 Å². The van der Waals surface area contributed by atoms with Crippen LogP contribution in [-0.2, 0) is 6.54 Å². The summed E-state index contributed by atoms with van der Waals surface area (Å²) in [5, 5.41) is 0. The molecular weight excluding hydrogens is 176 g/mol. The predicted molar refractivity (Wildman–Crippen MR) is 55.8 cm³/mol. The average molecular weight is 194 g/mol. The van der Waals surface area contributed by atoms with E-state index in [0.29, 0.717) is 12.6 Å². The van der Waals surface area contributed by atoms with Gasteiger partial charge in [0.05, 0.1) is 12.8 Å². The molecule has 0 aromatic carbocycles. The molecule has 1 saturated heterocycles. The summed E-state index contributed by atoms with van der Waals surface area (Å²) in [7, 11) is 0. The fourth-order valence-corrected chi connectivity index (χ4v) is 2.06. The Morgan fingerprint density at radius 3 is 2.79 bits per heavy atom. The lowest BCUT2D eigenvalue weighted by atomic mass is 10.1. The van der Waals surface area contributed by atoms with Crippen molar-refractivity contribution < 1.29 is 4.42 Å². The van der Waals surface area contributed by atoms with Crippen LogP contribution >= 0.6 is 0 Å². The normalized spacial score (nSPS) is 20.1. The molecule has 1 unspecified atom stereocenters. The Morgan fingerprint density at radius 2 is 2.21 bits per heavy atom. The fourth-order valence-electron chi connectivity index (χ4n) is 2.06. The van der Waals surface area contributed by atoms with Crippen LogP contribution in [0.1, 0.15) is 37.1 Å². The van der Waals surface area contributed by atoms with Gasteiger partial charge in [-0.2, -0.15) is 0 Å². The highest BCUT2D eigenvalue weighted by molar-refractivity contribution is 5.16. The van der Waals surface area contributed by atoms with Crippen LogP contribution in [0.2, 0.25) is 0 Å². The Balaban J connectivity index is 2.05. The van der Waals surface area contributed by atoms with Crippen LogP contribution in [-0.4, -0.2) is 18.0 Å². The van der Waals surface area contributed by atoms with E-state index in [4.69, 9.17) is 10.2 Å². The molecular formula is C11H18N2O. The third kappa shape index (κ3) is 1.83. The average Bonchev–Trinajstić information content (AvgIpc) is 2.88. The molecule has 0 amide bonds. The van der Waals surface area contributed by atoms with Crippen molar-refractivity contribution in [2.75, 3.05) is 13.1 Å². The van der Waals surface area contributed by atoms with E-state index in [1.165, 1.54) is 31.5 Å². The molecule has 1 aromatic rings. The summed E-state index contributed by atoms with van der Waals surface area (Å²) in [5.41, 5.74) is 6.77. The molecule has 78 valence electrons. The first-order valence-electron chi connectivity index (χ1n) is 5.32. The zero-order valence-electron chi connectivity index (χ0n) is 8.70. The Kier molecular flexibility index (Phi) is 2.89. The number of nitrogens with zero attached hydrogens (tertiary/aromatic N) is 1. The largest absolute Gasteiger partial charge is 0.468 e. The van der Waals surface area contributed by atoms with E-state index in [1.807, 2.05) is 6.26 Å². The first-order chi connectivity index (χ1) is 6.81. The second-order valence-corrected chi connectivity index (χ2v) is 3.97. The molecule has 1 aliphatic rings. The smallest absolute Gasteiger partial charge is 0.117 e. The maximum Gasteiger partial charge on any atom is 0.117 e. The highest BCUT2D eigenvalue weighted by Crippen LogP contribution is 2.25. The van der Waals surface area contributed by atoms with Gasteiger partial charge in [0, 0.05) is 11.6 Å².